The van der Waals surface area contributed by atoms with Gasteiger partial charge in [-0.2, -0.15) is 0 Å². The summed E-state index contributed by atoms with van der Waals surface area (Å²) >= 11 is 0. The van der Waals surface area contributed by atoms with Crippen molar-refractivity contribution in [3.63, 3.8) is 0 Å². The highest BCUT2D eigenvalue weighted by molar-refractivity contribution is 6.11. The topological polar surface area (TPSA) is 8.17 Å². The zero-order valence-corrected chi connectivity index (χ0v) is 26.9. The number of rotatable bonds is 5. The number of anilines is 3. The second-order valence-electron chi connectivity index (χ2n) is 12.9. The van der Waals surface area contributed by atoms with E-state index in [1.807, 2.05) is 0 Å². The van der Waals surface area contributed by atoms with Crippen LogP contribution < -0.4 is 4.90 Å². The number of para-hydroxylation sites is 2. The third-order valence-corrected chi connectivity index (χ3v) is 10.4. The Bertz CT molecular complexity index is 2620. The van der Waals surface area contributed by atoms with E-state index >= 15 is 0 Å². The van der Waals surface area contributed by atoms with Gasteiger partial charge < -0.3 is 9.47 Å². The van der Waals surface area contributed by atoms with Gasteiger partial charge in [0.25, 0.3) is 0 Å². The summed E-state index contributed by atoms with van der Waals surface area (Å²) in [6, 6.07) is 71.0. The molecule has 1 aliphatic rings. The molecule has 9 aromatic rings. The van der Waals surface area contributed by atoms with E-state index in [2.05, 4.69) is 204 Å². The highest BCUT2D eigenvalue weighted by Crippen LogP contribution is 2.56. The Morgan fingerprint density at radius 3 is 1.71 bits per heavy atom. The molecule has 0 radical (unpaired) electrons. The van der Waals surface area contributed by atoms with Gasteiger partial charge in [-0.1, -0.05) is 152 Å². The lowest BCUT2D eigenvalue weighted by molar-refractivity contribution is 0.564. The van der Waals surface area contributed by atoms with Crippen LogP contribution in [0.2, 0.25) is 0 Å². The molecule has 1 aromatic heterocycles. The van der Waals surface area contributed by atoms with Crippen molar-refractivity contribution in [1.29, 1.82) is 0 Å². The third-order valence-electron chi connectivity index (χ3n) is 10.4. The maximum Gasteiger partial charge on any atom is 0.122 e. The second-order valence-corrected chi connectivity index (χ2v) is 12.9. The van der Waals surface area contributed by atoms with E-state index in [0.717, 1.165) is 17.1 Å². The van der Waals surface area contributed by atoms with Crippen LogP contribution in [-0.4, -0.2) is 4.57 Å². The number of aromatic nitrogens is 1. The van der Waals surface area contributed by atoms with Crippen LogP contribution in [0.5, 0.6) is 0 Å². The number of hydrogen-bond acceptors (Lipinski definition) is 1. The zero-order valence-electron chi connectivity index (χ0n) is 26.9. The Kier molecular flexibility index (Phi) is 6.13. The van der Waals surface area contributed by atoms with Crippen molar-refractivity contribution in [2.24, 2.45) is 0 Å². The van der Waals surface area contributed by atoms with Crippen LogP contribution in [-0.2, 0) is 5.54 Å². The summed E-state index contributed by atoms with van der Waals surface area (Å²) in [6.07, 6.45) is 0. The molecule has 49 heavy (non-hydrogen) atoms. The lowest BCUT2D eigenvalue weighted by atomic mass is 9.80. The number of fused-ring (bicyclic) bond motifs is 7. The molecule has 0 atom stereocenters. The van der Waals surface area contributed by atoms with Gasteiger partial charge in [-0.3, -0.25) is 0 Å². The molecular weight excluding hydrogens is 593 g/mol. The molecule has 230 valence electrons. The number of benzene rings is 8. The zero-order chi connectivity index (χ0) is 32.4. The van der Waals surface area contributed by atoms with Gasteiger partial charge in [0.15, 0.2) is 0 Å². The minimum Gasteiger partial charge on any atom is -0.322 e. The van der Waals surface area contributed by atoms with Crippen LogP contribution in [0.15, 0.2) is 194 Å². The Morgan fingerprint density at radius 1 is 0.388 bits per heavy atom. The van der Waals surface area contributed by atoms with Crippen LogP contribution in [0.1, 0.15) is 16.7 Å². The van der Waals surface area contributed by atoms with Gasteiger partial charge in [-0.15, -0.1) is 0 Å². The molecule has 1 aliphatic carbocycles. The fraction of sp³-hybridized carbons (Fsp3) is 0.0213. The van der Waals surface area contributed by atoms with E-state index in [0.29, 0.717) is 0 Å². The Morgan fingerprint density at radius 2 is 0.959 bits per heavy atom. The quantitative estimate of drug-likeness (QED) is 0.185. The SMILES string of the molecule is c1ccc(N(c2ccc3c(c2)c2ccccc2n3C2(c3ccccc3)c3ccccc3-c3ccccc32)c2cccc3ccccc23)cc1. The largest absolute Gasteiger partial charge is 0.322 e. The predicted molar refractivity (Wildman–Crippen MR) is 205 cm³/mol. The van der Waals surface area contributed by atoms with Crippen molar-refractivity contribution in [2.45, 2.75) is 5.54 Å². The Hall–Kier alpha value is -6.38. The molecule has 0 N–H and O–H groups in total. The van der Waals surface area contributed by atoms with Crippen LogP contribution in [0, 0.1) is 0 Å². The van der Waals surface area contributed by atoms with Crippen molar-refractivity contribution >= 4 is 49.6 Å². The molecule has 0 fully saturated rings. The van der Waals surface area contributed by atoms with Gasteiger partial charge in [0.2, 0.25) is 0 Å². The average Bonchev–Trinajstić information content (AvgIpc) is 3.66. The maximum atomic E-state index is 2.62. The molecule has 1 heterocycles. The summed E-state index contributed by atoms with van der Waals surface area (Å²) in [5, 5.41) is 4.91. The van der Waals surface area contributed by atoms with Crippen LogP contribution in [0.4, 0.5) is 17.1 Å². The first-order valence-electron chi connectivity index (χ1n) is 17.0. The molecule has 0 amide bonds. The lowest BCUT2D eigenvalue weighted by Gasteiger charge is -2.36. The van der Waals surface area contributed by atoms with Crippen LogP contribution >= 0.6 is 0 Å². The summed E-state index contributed by atoms with van der Waals surface area (Å²) < 4.78 is 2.62. The monoisotopic (exact) mass is 624 g/mol. The van der Waals surface area contributed by atoms with E-state index in [1.54, 1.807) is 0 Å². The normalized spacial score (nSPS) is 13.1. The highest BCUT2D eigenvalue weighted by Gasteiger charge is 2.47. The minimum absolute atomic E-state index is 0.563. The Labute approximate surface area is 285 Å². The first kappa shape index (κ1) is 27.7. The van der Waals surface area contributed by atoms with Gasteiger partial charge in [-0.25, -0.2) is 0 Å². The average molecular weight is 625 g/mol. The molecule has 0 bridgehead atoms. The summed E-state index contributed by atoms with van der Waals surface area (Å²) in [7, 11) is 0. The van der Waals surface area contributed by atoms with Crippen LogP contribution in [0.25, 0.3) is 43.7 Å². The molecule has 2 heteroatoms. The number of nitrogens with zero attached hydrogens (tertiary/aromatic N) is 2. The van der Waals surface area contributed by atoms with Gasteiger partial charge in [-0.05, 0) is 75.7 Å². The first-order chi connectivity index (χ1) is 24.3. The fourth-order valence-electron chi connectivity index (χ4n) is 8.44. The van der Waals surface area contributed by atoms with E-state index < -0.39 is 5.54 Å². The summed E-state index contributed by atoms with van der Waals surface area (Å²) in [5.74, 6) is 0. The lowest BCUT2D eigenvalue weighted by Crippen LogP contribution is -2.35. The summed E-state index contributed by atoms with van der Waals surface area (Å²) in [4.78, 5) is 2.40. The Balaban J connectivity index is 1.31. The predicted octanol–water partition coefficient (Wildman–Crippen LogP) is 12.2. The van der Waals surface area contributed by atoms with Crippen molar-refractivity contribution in [1.82, 2.24) is 4.57 Å². The molecule has 10 rings (SSSR count). The molecule has 0 aliphatic heterocycles. The molecule has 0 saturated heterocycles. The molecule has 2 nitrogen and oxygen atoms in total. The van der Waals surface area contributed by atoms with E-state index in [4.69, 9.17) is 0 Å². The summed E-state index contributed by atoms with van der Waals surface area (Å²) in [6.45, 7) is 0. The van der Waals surface area contributed by atoms with Crippen LogP contribution in [0.3, 0.4) is 0 Å². The third kappa shape index (κ3) is 3.95. The van der Waals surface area contributed by atoms with E-state index in [-0.39, 0.29) is 0 Å². The fourth-order valence-corrected chi connectivity index (χ4v) is 8.44. The second kappa shape index (κ2) is 10.8. The molecule has 8 aromatic carbocycles. The van der Waals surface area contributed by atoms with Crippen molar-refractivity contribution < 1.29 is 0 Å². The summed E-state index contributed by atoms with van der Waals surface area (Å²) in [5.41, 5.74) is 11.7. The van der Waals surface area contributed by atoms with Gasteiger partial charge in [0.05, 0.1) is 16.7 Å². The molecular formula is C47H32N2. The van der Waals surface area contributed by atoms with E-state index in [9.17, 15) is 0 Å². The molecule has 0 spiro atoms. The molecule has 0 saturated carbocycles. The van der Waals surface area contributed by atoms with Gasteiger partial charge in [0, 0.05) is 27.5 Å². The van der Waals surface area contributed by atoms with E-state index in [1.165, 1.54) is 60.4 Å². The smallest absolute Gasteiger partial charge is 0.122 e. The first-order valence-corrected chi connectivity index (χ1v) is 17.0. The van der Waals surface area contributed by atoms with Gasteiger partial charge >= 0.3 is 0 Å². The molecule has 0 unspecified atom stereocenters. The standard InChI is InChI=1S/C47H32N2/c1-3-18-34(19-4-1)47(42-26-12-9-23-38(42)39-24-10-13-27-43(39)47)49-45-28-14-11-25-40(45)41-32-36(30-31-46(41)49)48(35-20-5-2-6-21-35)44-29-15-17-33-16-7-8-22-37(33)44/h1-32H. The van der Waals surface area contributed by atoms with Crippen molar-refractivity contribution in [2.75, 3.05) is 4.90 Å². The van der Waals surface area contributed by atoms with Crippen molar-refractivity contribution in [3.8, 4) is 11.1 Å². The maximum absolute atomic E-state index is 2.62. The van der Waals surface area contributed by atoms with Gasteiger partial charge in [0.1, 0.15) is 5.54 Å². The highest BCUT2D eigenvalue weighted by atomic mass is 15.1. The van der Waals surface area contributed by atoms with Crippen molar-refractivity contribution in [3.05, 3.63) is 211 Å². The number of hydrogen-bond donors (Lipinski definition) is 0. The minimum atomic E-state index is -0.563.